The van der Waals surface area contributed by atoms with E-state index in [0.29, 0.717) is 28.0 Å². The van der Waals surface area contributed by atoms with Crippen LogP contribution in [0.1, 0.15) is 27.3 Å². The van der Waals surface area contributed by atoms with Gasteiger partial charge in [0.05, 0.1) is 10.8 Å². The van der Waals surface area contributed by atoms with Crippen molar-refractivity contribution in [1.29, 1.82) is 0 Å². The van der Waals surface area contributed by atoms with Crippen LogP contribution >= 0.6 is 34.7 Å². The molecule has 0 N–H and O–H groups in total. The number of aryl methyl sites for hydroxylation is 1. The minimum atomic E-state index is 0.114. The first kappa shape index (κ1) is 18.4. The lowest BCUT2D eigenvalue weighted by Gasteiger charge is -2.06. The molecule has 0 saturated heterocycles. The van der Waals surface area contributed by atoms with Gasteiger partial charge in [0.1, 0.15) is 0 Å². The zero-order valence-corrected chi connectivity index (χ0v) is 17.2. The van der Waals surface area contributed by atoms with Crippen molar-refractivity contribution in [2.75, 3.05) is 12.5 Å². The molecule has 27 heavy (non-hydrogen) atoms. The summed E-state index contributed by atoms with van der Waals surface area (Å²) in [6.45, 7) is 4.15. The van der Waals surface area contributed by atoms with Crippen LogP contribution in [0.4, 0.5) is 0 Å². The fourth-order valence-corrected chi connectivity index (χ4v) is 4.99. The first-order valence-corrected chi connectivity index (χ1v) is 10.7. The maximum absolute atomic E-state index is 12.7. The molecule has 5 nitrogen and oxygen atoms in total. The maximum Gasteiger partial charge on any atom is 0.231 e. The summed E-state index contributed by atoms with van der Waals surface area (Å²) in [6, 6.07) is 5.72. The molecule has 1 aliphatic rings. The van der Waals surface area contributed by atoms with Gasteiger partial charge in [-0.15, -0.1) is 23.1 Å². The number of carbonyl (C=O) groups is 1. The van der Waals surface area contributed by atoms with Gasteiger partial charge >= 0.3 is 0 Å². The van der Waals surface area contributed by atoms with Crippen LogP contribution < -0.4 is 9.47 Å². The van der Waals surface area contributed by atoms with Gasteiger partial charge in [-0.1, -0.05) is 11.6 Å². The van der Waals surface area contributed by atoms with Gasteiger partial charge in [-0.3, -0.25) is 9.36 Å². The molecule has 3 heterocycles. The highest BCUT2D eigenvalue weighted by atomic mass is 35.5. The second-order valence-corrected chi connectivity index (χ2v) is 8.43. The summed E-state index contributed by atoms with van der Waals surface area (Å²) in [5.41, 5.74) is 3.70. The van der Waals surface area contributed by atoms with E-state index in [4.69, 9.17) is 21.1 Å². The summed E-state index contributed by atoms with van der Waals surface area (Å²) in [5.74, 6) is 2.44. The minimum Gasteiger partial charge on any atom is -0.454 e. The van der Waals surface area contributed by atoms with Crippen LogP contribution in [0.25, 0.3) is 5.13 Å². The average Bonchev–Trinajstić information content (AvgIpc) is 3.35. The van der Waals surface area contributed by atoms with Crippen LogP contribution in [0.5, 0.6) is 11.5 Å². The van der Waals surface area contributed by atoms with Crippen LogP contribution in [0, 0.1) is 13.8 Å². The summed E-state index contributed by atoms with van der Waals surface area (Å²) in [4.78, 5) is 17.1. The van der Waals surface area contributed by atoms with Crippen LogP contribution in [0.2, 0.25) is 5.02 Å². The molecule has 0 unspecified atom stereocenters. The van der Waals surface area contributed by atoms with Crippen molar-refractivity contribution in [3.8, 4) is 16.6 Å². The summed E-state index contributed by atoms with van der Waals surface area (Å²) in [5, 5.41) is 3.35. The number of carbonyl (C=O) groups excluding carboxylic acids is 1. The number of rotatable bonds is 6. The molecule has 1 aliphatic heterocycles. The number of fused-ring (bicyclic) bond motifs is 1. The number of ketones is 1. The molecule has 1 aromatic carbocycles. The van der Waals surface area contributed by atoms with Crippen molar-refractivity contribution in [1.82, 2.24) is 9.55 Å². The van der Waals surface area contributed by atoms with E-state index < -0.39 is 0 Å². The Hall–Kier alpha value is -1.96. The molecule has 3 aromatic rings. The van der Waals surface area contributed by atoms with Gasteiger partial charge in [-0.05, 0) is 37.6 Å². The predicted octanol–water partition coefficient (Wildman–Crippen LogP) is 5.05. The molecule has 0 saturated carbocycles. The summed E-state index contributed by atoms with van der Waals surface area (Å²) in [7, 11) is 0. The average molecular weight is 421 g/mol. The molecule has 0 bridgehead atoms. The second kappa shape index (κ2) is 7.58. The number of halogens is 1. The molecule has 0 atom stereocenters. The van der Waals surface area contributed by atoms with Gasteiger partial charge in [0.15, 0.2) is 22.4 Å². The fraction of sp³-hybridized carbons (Fsp3) is 0.263. The molecule has 4 rings (SSSR count). The van der Waals surface area contributed by atoms with E-state index in [-0.39, 0.29) is 12.6 Å². The van der Waals surface area contributed by atoms with E-state index in [1.54, 1.807) is 29.3 Å². The van der Waals surface area contributed by atoms with Gasteiger partial charge in [0.25, 0.3) is 0 Å². The van der Waals surface area contributed by atoms with Crippen molar-refractivity contribution >= 4 is 40.5 Å². The highest BCUT2D eigenvalue weighted by Gasteiger charge is 2.20. The Kier molecular flexibility index (Phi) is 5.16. The monoisotopic (exact) mass is 420 g/mol. The normalized spacial score (nSPS) is 12.6. The third-order valence-corrected chi connectivity index (χ3v) is 6.37. The molecule has 0 aliphatic carbocycles. The summed E-state index contributed by atoms with van der Waals surface area (Å²) < 4.78 is 12.7. The first-order chi connectivity index (χ1) is 13.0. The minimum absolute atomic E-state index is 0.114. The number of nitrogens with zero attached hydrogens (tertiary/aromatic N) is 2. The van der Waals surface area contributed by atoms with E-state index in [0.717, 1.165) is 27.6 Å². The largest absolute Gasteiger partial charge is 0.454 e. The fourth-order valence-electron chi connectivity index (χ4n) is 3.11. The Morgan fingerprint density at radius 1 is 1.33 bits per heavy atom. The zero-order valence-electron chi connectivity index (χ0n) is 14.8. The SMILES string of the molecule is Cc1cc(C(=O)CSCc2cc(Cl)c3c(c2)OCO3)c(C)n1-c1nccs1. The first-order valence-electron chi connectivity index (χ1n) is 8.32. The van der Waals surface area contributed by atoms with E-state index in [1.807, 2.05) is 42.0 Å². The standard InChI is InChI=1S/C19H17ClN2O3S2/c1-11-5-14(12(2)22(11)19-21-3-4-27-19)16(23)9-26-8-13-6-15(20)18-17(7-13)24-10-25-18/h3-7H,8-10H2,1-2H3. The summed E-state index contributed by atoms with van der Waals surface area (Å²) in [6.07, 6.45) is 1.77. The van der Waals surface area contributed by atoms with Gasteiger partial charge < -0.3 is 9.47 Å². The van der Waals surface area contributed by atoms with E-state index in [2.05, 4.69) is 4.98 Å². The second-order valence-electron chi connectivity index (χ2n) is 6.16. The van der Waals surface area contributed by atoms with E-state index in [1.165, 1.54) is 0 Å². The zero-order chi connectivity index (χ0) is 19.0. The maximum atomic E-state index is 12.7. The lowest BCUT2D eigenvalue weighted by molar-refractivity contribution is 0.102. The topological polar surface area (TPSA) is 53.4 Å². The Balaban J connectivity index is 1.43. The Morgan fingerprint density at radius 3 is 2.96 bits per heavy atom. The lowest BCUT2D eigenvalue weighted by Crippen LogP contribution is -2.05. The van der Waals surface area contributed by atoms with E-state index >= 15 is 0 Å². The van der Waals surface area contributed by atoms with Gasteiger partial charge in [-0.2, -0.15) is 0 Å². The van der Waals surface area contributed by atoms with Crippen LogP contribution in [0.15, 0.2) is 29.8 Å². The number of aromatic nitrogens is 2. The highest BCUT2D eigenvalue weighted by Crippen LogP contribution is 2.40. The van der Waals surface area contributed by atoms with Gasteiger partial charge in [-0.25, -0.2) is 4.98 Å². The van der Waals surface area contributed by atoms with Gasteiger partial charge in [0.2, 0.25) is 6.79 Å². The number of thiazole rings is 1. The molecular formula is C19H17ClN2O3S2. The Bertz CT molecular complexity index is 999. The molecule has 8 heteroatoms. The predicted molar refractivity (Wildman–Crippen MR) is 109 cm³/mol. The number of hydrogen-bond donors (Lipinski definition) is 0. The van der Waals surface area contributed by atoms with Crippen LogP contribution in [0.3, 0.4) is 0 Å². The van der Waals surface area contributed by atoms with Crippen molar-refractivity contribution in [3.63, 3.8) is 0 Å². The highest BCUT2D eigenvalue weighted by molar-refractivity contribution is 7.99. The summed E-state index contributed by atoms with van der Waals surface area (Å²) >= 11 is 9.33. The molecule has 0 amide bonds. The number of benzene rings is 1. The number of hydrogen-bond acceptors (Lipinski definition) is 6. The Morgan fingerprint density at radius 2 is 2.19 bits per heavy atom. The van der Waals surface area contributed by atoms with Gasteiger partial charge in [0, 0.05) is 34.3 Å². The molecule has 0 radical (unpaired) electrons. The van der Waals surface area contributed by atoms with Crippen LogP contribution in [-0.2, 0) is 5.75 Å². The Labute approximate surface area is 170 Å². The van der Waals surface area contributed by atoms with Crippen molar-refractivity contribution in [2.24, 2.45) is 0 Å². The van der Waals surface area contributed by atoms with E-state index in [9.17, 15) is 4.79 Å². The number of Topliss-reactive ketones (excluding diaryl/α,β-unsaturated/α-hetero) is 1. The van der Waals surface area contributed by atoms with Crippen molar-refractivity contribution in [2.45, 2.75) is 19.6 Å². The molecule has 2 aromatic heterocycles. The number of thioether (sulfide) groups is 1. The molecule has 0 fully saturated rings. The molecule has 140 valence electrons. The lowest BCUT2D eigenvalue weighted by atomic mass is 10.2. The molecule has 0 spiro atoms. The van der Waals surface area contributed by atoms with Crippen LogP contribution in [-0.4, -0.2) is 27.9 Å². The smallest absolute Gasteiger partial charge is 0.231 e. The van der Waals surface area contributed by atoms with Crippen molar-refractivity contribution < 1.29 is 14.3 Å². The number of ether oxygens (including phenoxy) is 2. The molecular weight excluding hydrogens is 404 g/mol. The third kappa shape index (κ3) is 3.59. The quantitative estimate of drug-likeness (QED) is 0.522. The third-order valence-electron chi connectivity index (χ3n) is 4.33. The van der Waals surface area contributed by atoms with Crippen molar-refractivity contribution in [3.05, 3.63) is 57.3 Å².